The number of nitriles is 2. The number of pyridine rings is 9. The van der Waals surface area contributed by atoms with Gasteiger partial charge in [-0.1, -0.05) is 283 Å². The van der Waals surface area contributed by atoms with Crippen molar-refractivity contribution in [3.63, 3.8) is 0 Å². The smallest absolute Gasteiger partial charge is 0.872 e. The van der Waals surface area contributed by atoms with Crippen molar-refractivity contribution in [2.75, 3.05) is 4.93 Å². The summed E-state index contributed by atoms with van der Waals surface area (Å²) >= 11 is 7.64. The normalized spacial score (nSPS) is 12.7. The molecule has 0 spiro atoms. The van der Waals surface area contributed by atoms with Gasteiger partial charge in [-0.15, -0.1) is 0 Å². The van der Waals surface area contributed by atoms with E-state index in [1.807, 2.05) is 178 Å². The number of hydrogen-bond donors (Lipinski definition) is 2. The topological polar surface area (TPSA) is 284 Å². The summed E-state index contributed by atoms with van der Waals surface area (Å²) < 4.78 is 0. The summed E-state index contributed by atoms with van der Waals surface area (Å²) in [7, 11) is 0. The number of aromatic carboxylic acids is 1. The molecule has 0 unspecified atom stereocenters. The first kappa shape index (κ1) is 104. The molecule has 9 heterocycles. The number of carbonyl (C=O) groups is 2. The Balaban J connectivity index is 0.000000148. The Labute approximate surface area is 846 Å². The SMILES string of the molecule is CC1(C)c2cccnc2-c2c(O)cccc21.CC1(C)c2cccnc2-c2c([O-])cccc21.CC1(C)c2cccnc2-c2c([O-])cccc21.CI.Cc1cccc2c1-c1ncccc1C2.Cc1cccc2c1-c1ncccc1C2(C)C.Cc1cccc2c1-c1ncccc1C2=O.Cc1ccccc1-c1ncccc1C#N.Cc1ccccc1-c1ncccc1C(=O)O.N#Cc1cccnc1Cl.[Be+2].[Be+2].[Pd]. The first-order chi connectivity index (χ1) is 65.0. The van der Waals surface area contributed by atoms with Crippen molar-refractivity contribution in [1.29, 1.82) is 10.5 Å². The van der Waals surface area contributed by atoms with Gasteiger partial charge in [-0.2, -0.15) is 10.5 Å². The van der Waals surface area contributed by atoms with Gasteiger partial charge in [0.25, 0.3) is 0 Å². The maximum absolute atomic E-state index is 12.0. The summed E-state index contributed by atoms with van der Waals surface area (Å²) in [6, 6.07) is 89.1. The van der Waals surface area contributed by atoms with Gasteiger partial charge in [0.2, 0.25) is 0 Å². The molecule has 0 aliphatic heterocycles. The van der Waals surface area contributed by atoms with Gasteiger partial charge in [-0.3, -0.25) is 44.7 Å². The molecule has 680 valence electrons. The third-order valence-electron chi connectivity index (χ3n) is 25.3. The summed E-state index contributed by atoms with van der Waals surface area (Å²) in [5, 5.41) is 60.5. The molecule has 6 aliphatic carbocycles. The number of phenols is 1. The molecule has 6 aliphatic rings. The van der Waals surface area contributed by atoms with Crippen LogP contribution in [0, 0.1) is 57.3 Å². The van der Waals surface area contributed by atoms with E-state index in [2.05, 4.69) is 216 Å². The molecule has 9 aromatic heterocycles. The Morgan fingerprint density at radius 1 is 0.333 bits per heavy atom. The number of ketones is 1. The van der Waals surface area contributed by atoms with Crippen LogP contribution in [0.4, 0.5) is 0 Å². The molecule has 8 aromatic carbocycles. The van der Waals surface area contributed by atoms with E-state index in [1.54, 1.807) is 104 Å². The molecule has 138 heavy (non-hydrogen) atoms. The van der Waals surface area contributed by atoms with Crippen LogP contribution in [0.2, 0.25) is 5.15 Å². The number of fused-ring (bicyclic) bond motifs is 18. The summed E-state index contributed by atoms with van der Waals surface area (Å²) in [5.41, 5.74) is 35.9. The van der Waals surface area contributed by atoms with Crippen LogP contribution in [0.3, 0.4) is 0 Å². The first-order valence-corrected chi connectivity index (χ1v) is 46.6. The predicted molar refractivity (Wildman–Crippen MR) is 553 cm³/mol. The van der Waals surface area contributed by atoms with Crippen LogP contribution in [0.15, 0.2) is 323 Å². The van der Waals surface area contributed by atoms with Gasteiger partial charge in [0.1, 0.15) is 23.0 Å². The fourth-order valence-corrected chi connectivity index (χ4v) is 18.6. The summed E-state index contributed by atoms with van der Waals surface area (Å²) in [6.45, 7) is 27.7. The van der Waals surface area contributed by atoms with Crippen LogP contribution in [0.1, 0.15) is 176 Å². The molecule has 0 bridgehead atoms. The molecule has 0 radical (unpaired) electrons. The molecule has 2 N–H and O–H groups in total. The number of hydrogen-bond acceptors (Lipinski definition) is 16. The molecule has 0 fully saturated rings. The van der Waals surface area contributed by atoms with Gasteiger partial charge in [-0.05, 0) is 219 Å². The predicted octanol–water partition coefficient (Wildman–Crippen LogP) is 24.9. The fraction of sp³-hybridized carbons (Fsp3) is 0.164. The Morgan fingerprint density at radius 2 is 0.652 bits per heavy atom. The van der Waals surface area contributed by atoms with Gasteiger partial charge in [0, 0.05) is 149 Å². The molecular weight excluding hydrogens is 1930 g/mol. The second-order valence-corrected chi connectivity index (χ2v) is 35.3. The second kappa shape index (κ2) is 45.1. The van der Waals surface area contributed by atoms with Crippen LogP contribution in [-0.2, 0) is 48.5 Å². The fourth-order valence-electron chi connectivity index (χ4n) is 18.4. The molecule has 0 saturated heterocycles. The van der Waals surface area contributed by atoms with E-state index >= 15 is 0 Å². The van der Waals surface area contributed by atoms with Crippen LogP contribution in [0.25, 0.3) is 90.1 Å². The van der Waals surface area contributed by atoms with Crippen LogP contribution in [-0.4, -0.2) is 92.0 Å². The number of rotatable bonds is 3. The third kappa shape index (κ3) is 21.0. The largest absolute Gasteiger partial charge is 2.00 e. The number of carbonyl (C=O) groups excluding carboxylic acids is 1. The number of aromatic nitrogens is 9. The van der Waals surface area contributed by atoms with Crippen molar-refractivity contribution < 1.29 is 50.4 Å². The Hall–Kier alpha value is -14.4. The zero-order chi connectivity index (χ0) is 96.2. The minimum Gasteiger partial charge on any atom is -0.872 e. The summed E-state index contributed by atoms with van der Waals surface area (Å²) in [6.07, 6.45) is 16.7. The van der Waals surface area contributed by atoms with E-state index in [4.69, 9.17) is 27.2 Å². The van der Waals surface area contributed by atoms with Gasteiger partial charge in [-0.25, -0.2) is 9.78 Å². The van der Waals surface area contributed by atoms with Crippen LogP contribution >= 0.6 is 34.2 Å². The average Bonchev–Trinajstić information content (AvgIpc) is 1.59. The number of aromatic hydroxyl groups is 1. The second-order valence-electron chi connectivity index (χ2n) is 35.0. The Morgan fingerprint density at radius 3 is 1.13 bits per heavy atom. The van der Waals surface area contributed by atoms with Crippen molar-refractivity contribution in [2.24, 2.45) is 0 Å². The van der Waals surface area contributed by atoms with E-state index in [0.717, 1.165) is 124 Å². The van der Waals surface area contributed by atoms with Crippen molar-refractivity contribution in [1.82, 2.24) is 44.9 Å². The molecule has 17 aromatic rings. The maximum atomic E-state index is 12.0. The number of carboxylic acid groups (broad SMARTS) is 1. The number of aryl methyl sites for hydroxylation is 5. The van der Waals surface area contributed by atoms with E-state index < -0.39 is 5.97 Å². The monoisotopic (exact) mass is 2030 g/mol. The summed E-state index contributed by atoms with van der Waals surface area (Å²) in [4.78, 5) is 63.6. The van der Waals surface area contributed by atoms with Crippen molar-refractivity contribution in [2.45, 2.75) is 118 Å². The molecule has 0 atom stereocenters. The third-order valence-corrected chi connectivity index (χ3v) is 25.6. The van der Waals surface area contributed by atoms with Gasteiger partial charge in [0.05, 0.1) is 62.2 Å². The molecule has 0 saturated carbocycles. The molecular formula is C116H99Be2ClIN11O6Pd+2. The van der Waals surface area contributed by atoms with Gasteiger partial charge < -0.3 is 20.4 Å². The number of nitrogens with zero attached hydrogens (tertiary/aromatic N) is 11. The molecule has 22 heteroatoms. The molecule has 0 amide bonds. The molecule has 23 rings (SSSR count). The van der Waals surface area contributed by atoms with Crippen molar-refractivity contribution in [3.8, 4) is 119 Å². The Kier molecular flexibility index (Phi) is 34.0. The maximum Gasteiger partial charge on any atom is 2.00 e. The standard InChI is InChI=1S/C15H15N.3C14H13NO.C13H10N2.C13H11NO2.C13H9NO.C13H11N.C6H3ClN2.CH3I.2Be.Pd/c1-10-6-4-7-11-13(10)14-12(15(11,2)3)8-5-9-16-14;3*1-14(2)9-5-3-7-11(16)12(9)13-10(14)6-4-8-15-13;1-10-5-2-3-7-12(10)13-11(9-14)6-4-8-15-13;1-9-5-2-3-6-10(9)12-11(13(15)16)7-4-8-14-12;1-8-4-2-5-9-11(8)12-10(13(9)15)6-3-7-14-12;1-9-4-2-5-10-8-11-6-3-7-14-13(11)12(9)10;7-6-5(4-8)2-1-3-9-6;1-2;;;/h4-9H,1-3H3;3*3-8,16H,1-2H3;2-8H,1H3;2-8H,1H3,(H,15,16);2-7H,1H3;2-7H,8H2,1H3;1-3H;1H3;;;/q;;;;;;;;;;2*+2;/p-2. The van der Waals surface area contributed by atoms with E-state index in [1.165, 1.54) is 61.5 Å². The van der Waals surface area contributed by atoms with Crippen LogP contribution < -0.4 is 10.2 Å². The quantitative estimate of drug-likeness (QED) is 0.0719. The zero-order valence-corrected chi connectivity index (χ0v) is 83.7. The minimum atomic E-state index is -0.952. The van der Waals surface area contributed by atoms with Gasteiger partial charge >= 0.3 is 26.2 Å². The molecule has 17 nitrogen and oxygen atoms in total. The van der Waals surface area contributed by atoms with E-state index in [9.17, 15) is 24.9 Å². The number of benzene rings is 8. The first-order valence-electron chi connectivity index (χ1n) is 44.0. The number of carboxylic acids is 1. The minimum absolute atomic E-state index is 0. The summed E-state index contributed by atoms with van der Waals surface area (Å²) in [5.74, 6) is -0.391. The average molecular weight is 2030 g/mol. The van der Waals surface area contributed by atoms with E-state index in [0.29, 0.717) is 22.6 Å². The van der Waals surface area contributed by atoms with Crippen molar-refractivity contribution in [3.05, 3.63) is 439 Å². The number of alkyl halides is 1. The number of halogens is 2. The number of phenolic OH excluding ortho intramolecular Hbond substituents is 1. The van der Waals surface area contributed by atoms with Crippen LogP contribution in [0.5, 0.6) is 17.2 Å². The van der Waals surface area contributed by atoms with E-state index in [-0.39, 0.29) is 90.3 Å². The Bertz CT molecular complexity index is 7040. The zero-order valence-electron chi connectivity index (χ0n) is 79.2. The van der Waals surface area contributed by atoms with Crippen molar-refractivity contribution >= 4 is 66.2 Å². The van der Waals surface area contributed by atoms with Gasteiger partial charge in [0.15, 0.2) is 5.78 Å².